The average molecular weight is 270 g/mol. The van der Waals surface area contributed by atoms with E-state index >= 15 is 0 Å². The van der Waals surface area contributed by atoms with E-state index in [1.165, 1.54) is 15.0 Å². The Balaban J connectivity index is 2.32. The summed E-state index contributed by atoms with van der Waals surface area (Å²) in [5.74, 6) is 0. The molecule has 1 nitrogen and oxygen atoms in total. The molecule has 1 N–H and O–H groups in total. The van der Waals surface area contributed by atoms with E-state index in [4.69, 9.17) is 0 Å². The van der Waals surface area contributed by atoms with Crippen molar-refractivity contribution >= 4 is 37.4 Å². The monoisotopic (exact) mass is 269 g/mol. The van der Waals surface area contributed by atoms with Crippen LogP contribution in [0.3, 0.4) is 0 Å². The molecule has 0 unspecified atom stereocenters. The molecule has 1 aromatic heterocycles. The standard InChI is InChI=1S/C11H12BrNS/c1-2-13-7-10-5-8-3-4-9(12)6-11(8)14-10/h3-6,13H,2,7H2,1H3. The van der Waals surface area contributed by atoms with E-state index in [0.717, 1.165) is 17.6 Å². The molecule has 0 saturated carbocycles. The van der Waals surface area contributed by atoms with Gasteiger partial charge < -0.3 is 5.32 Å². The Kier molecular flexibility index (Phi) is 3.21. The van der Waals surface area contributed by atoms with Crippen molar-refractivity contribution in [3.8, 4) is 0 Å². The van der Waals surface area contributed by atoms with E-state index in [0.29, 0.717) is 0 Å². The quantitative estimate of drug-likeness (QED) is 0.895. The molecule has 0 atom stereocenters. The van der Waals surface area contributed by atoms with Gasteiger partial charge in [-0.3, -0.25) is 0 Å². The normalized spacial score (nSPS) is 11.0. The van der Waals surface area contributed by atoms with Crippen LogP contribution in [0.15, 0.2) is 28.7 Å². The zero-order chi connectivity index (χ0) is 9.97. The van der Waals surface area contributed by atoms with Gasteiger partial charge in [-0.25, -0.2) is 0 Å². The molecule has 3 heteroatoms. The molecule has 0 aliphatic heterocycles. The van der Waals surface area contributed by atoms with Crippen LogP contribution in [0.2, 0.25) is 0 Å². The van der Waals surface area contributed by atoms with Crippen LogP contribution in [0.25, 0.3) is 10.1 Å². The predicted octanol–water partition coefficient (Wildman–Crippen LogP) is 3.77. The molecule has 2 rings (SSSR count). The summed E-state index contributed by atoms with van der Waals surface area (Å²) >= 11 is 5.34. The van der Waals surface area contributed by atoms with Crippen molar-refractivity contribution in [2.45, 2.75) is 13.5 Å². The first-order valence-electron chi connectivity index (χ1n) is 4.68. The lowest BCUT2D eigenvalue weighted by molar-refractivity contribution is 0.736. The van der Waals surface area contributed by atoms with Crippen molar-refractivity contribution in [3.63, 3.8) is 0 Å². The van der Waals surface area contributed by atoms with Gasteiger partial charge in [-0.05, 0) is 30.1 Å². The number of hydrogen-bond donors (Lipinski definition) is 1. The topological polar surface area (TPSA) is 12.0 Å². The van der Waals surface area contributed by atoms with Gasteiger partial charge in [0.1, 0.15) is 0 Å². The van der Waals surface area contributed by atoms with E-state index in [2.05, 4.69) is 52.4 Å². The Hall–Kier alpha value is -0.380. The highest BCUT2D eigenvalue weighted by molar-refractivity contribution is 9.10. The number of benzene rings is 1. The minimum atomic E-state index is 0.980. The van der Waals surface area contributed by atoms with Gasteiger partial charge in [-0.1, -0.05) is 28.9 Å². The minimum Gasteiger partial charge on any atom is -0.312 e. The number of hydrogen-bond acceptors (Lipinski definition) is 2. The Morgan fingerprint density at radius 2 is 2.21 bits per heavy atom. The molecular formula is C11H12BrNS. The Bertz CT molecular complexity index is 436. The number of halogens is 1. The molecule has 2 aromatic rings. The van der Waals surface area contributed by atoms with E-state index < -0.39 is 0 Å². The molecule has 1 aromatic carbocycles. The van der Waals surface area contributed by atoms with Crippen molar-refractivity contribution in [2.75, 3.05) is 6.54 Å². The molecule has 0 fully saturated rings. The zero-order valence-electron chi connectivity index (χ0n) is 8.01. The second-order valence-electron chi connectivity index (χ2n) is 3.18. The van der Waals surface area contributed by atoms with Gasteiger partial charge in [-0.15, -0.1) is 11.3 Å². The lowest BCUT2D eigenvalue weighted by Gasteiger charge is -1.95. The molecule has 0 aliphatic rings. The third kappa shape index (κ3) is 2.16. The fourth-order valence-electron chi connectivity index (χ4n) is 1.40. The maximum atomic E-state index is 3.49. The summed E-state index contributed by atoms with van der Waals surface area (Å²) in [6.45, 7) is 4.13. The smallest absolute Gasteiger partial charge is 0.0357 e. The minimum absolute atomic E-state index is 0.980. The second kappa shape index (κ2) is 4.43. The van der Waals surface area contributed by atoms with Crippen LogP contribution in [0.1, 0.15) is 11.8 Å². The average Bonchev–Trinajstić information content (AvgIpc) is 2.56. The van der Waals surface area contributed by atoms with Crippen LogP contribution < -0.4 is 5.32 Å². The fourth-order valence-corrected chi connectivity index (χ4v) is 2.98. The van der Waals surface area contributed by atoms with Crippen LogP contribution in [0, 0.1) is 0 Å². The van der Waals surface area contributed by atoms with Gasteiger partial charge in [-0.2, -0.15) is 0 Å². The van der Waals surface area contributed by atoms with E-state index in [1.807, 2.05) is 11.3 Å². The summed E-state index contributed by atoms with van der Waals surface area (Å²) in [5, 5.41) is 4.68. The molecule has 1 heterocycles. The molecule has 0 radical (unpaired) electrons. The lowest BCUT2D eigenvalue weighted by Crippen LogP contribution is -2.10. The third-order valence-electron chi connectivity index (χ3n) is 2.08. The Labute approximate surface area is 96.3 Å². The van der Waals surface area contributed by atoms with Crippen molar-refractivity contribution in [2.24, 2.45) is 0 Å². The van der Waals surface area contributed by atoms with Crippen molar-refractivity contribution in [1.82, 2.24) is 5.32 Å². The maximum absolute atomic E-state index is 3.49. The highest BCUT2D eigenvalue weighted by Gasteiger charge is 2.01. The van der Waals surface area contributed by atoms with E-state index in [-0.39, 0.29) is 0 Å². The van der Waals surface area contributed by atoms with Crippen LogP contribution in [-0.4, -0.2) is 6.54 Å². The first-order chi connectivity index (χ1) is 6.79. The Morgan fingerprint density at radius 3 is 3.00 bits per heavy atom. The molecule has 14 heavy (non-hydrogen) atoms. The molecule has 74 valence electrons. The van der Waals surface area contributed by atoms with Crippen LogP contribution >= 0.6 is 27.3 Å². The number of fused-ring (bicyclic) bond motifs is 1. The van der Waals surface area contributed by atoms with Crippen molar-refractivity contribution < 1.29 is 0 Å². The molecular weight excluding hydrogens is 258 g/mol. The zero-order valence-corrected chi connectivity index (χ0v) is 10.4. The number of thiophene rings is 1. The molecule has 0 aliphatic carbocycles. The fraction of sp³-hybridized carbons (Fsp3) is 0.273. The summed E-state index contributed by atoms with van der Waals surface area (Å²) in [6, 6.07) is 8.68. The van der Waals surface area contributed by atoms with E-state index in [9.17, 15) is 0 Å². The third-order valence-corrected chi connectivity index (χ3v) is 3.67. The van der Waals surface area contributed by atoms with Crippen LogP contribution in [0.4, 0.5) is 0 Å². The van der Waals surface area contributed by atoms with Gasteiger partial charge in [0.25, 0.3) is 0 Å². The first-order valence-corrected chi connectivity index (χ1v) is 6.29. The molecule has 0 bridgehead atoms. The number of nitrogens with one attached hydrogen (secondary N) is 1. The highest BCUT2D eigenvalue weighted by atomic mass is 79.9. The predicted molar refractivity (Wildman–Crippen MR) is 66.9 cm³/mol. The van der Waals surface area contributed by atoms with Crippen molar-refractivity contribution in [3.05, 3.63) is 33.6 Å². The summed E-state index contributed by atoms with van der Waals surface area (Å²) in [4.78, 5) is 1.40. The van der Waals surface area contributed by atoms with E-state index in [1.54, 1.807) is 0 Å². The molecule has 0 amide bonds. The van der Waals surface area contributed by atoms with Crippen molar-refractivity contribution in [1.29, 1.82) is 0 Å². The first kappa shape index (κ1) is 10.1. The summed E-state index contributed by atoms with van der Waals surface area (Å²) in [5.41, 5.74) is 0. The molecule has 0 spiro atoms. The molecule has 0 saturated heterocycles. The Morgan fingerprint density at radius 1 is 1.36 bits per heavy atom. The van der Waals surface area contributed by atoms with Crippen LogP contribution in [0.5, 0.6) is 0 Å². The van der Waals surface area contributed by atoms with Crippen LogP contribution in [-0.2, 0) is 6.54 Å². The largest absolute Gasteiger partial charge is 0.312 e. The summed E-state index contributed by atoms with van der Waals surface area (Å²) < 4.78 is 2.51. The lowest BCUT2D eigenvalue weighted by atomic mass is 10.2. The van der Waals surface area contributed by atoms with Gasteiger partial charge >= 0.3 is 0 Å². The maximum Gasteiger partial charge on any atom is 0.0357 e. The SMILES string of the molecule is CCNCc1cc2ccc(Br)cc2s1. The van der Waals surface area contributed by atoms with Gasteiger partial charge in [0.15, 0.2) is 0 Å². The second-order valence-corrected chi connectivity index (χ2v) is 5.26. The number of rotatable bonds is 3. The highest BCUT2D eigenvalue weighted by Crippen LogP contribution is 2.28. The van der Waals surface area contributed by atoms with Gasteiger partial charge in [0, 0.05) is 20.6 Å². The van der Waals surface area contributed by atoms with Gasteiger partial charge in [0.05, 0.1) is 0 Å². The summed E-state index contributed by atoms with van der Waals surface area (Å²) in [7, 11) is 0. The van der Waals surface area contributed by atoms with Gasteiger partial charge in [0.2, 0.25) is 0 Å². The summed E-state index contributed by atoms with van der Waals surface area (Å²) in [6.07, 6.45) is 0.